The van der Waals surface area contributed by atoms with Crippen molar-refractivity contribution in [2.75, 3.05) is 23.0 Å². The van der Waals surface area contributed by atoms with Crippen molar-refractivity contribution in [3.8, 4) is 5.75 Å². The molecule has 0 spiro atoms. The summed E-state index contributed by atoms with van der Waals surface area (Å²) in [7, 11) is -5.91. The van der Waals surface area contributed by atoms with E-state index < -0.39 is 26.0 Å². The number of rotatable bonds is 10. The quantitative estimate of drug-likeness (QED) is 0.384. The van der Waals surface area contributed by atoms with Crippen LogP contribution in [0, 0.1) is 13.8 Å². The summed E-state index contributed by atoms with van der Waals surface area (Å²) < 4.78 is 59.3. The maximum absolute atomic E-state index is 13.0. The molecule has 3 aromatic rings. The van der Waals surface area contributed by atoms with Crippen molar-refractivity contribution in [3.05, 3.63) is 82.9 Å². The van der Waals surface area contributed by atoms with E-state index in [1.807, 2.05) is 26.0 Å². The van der Waals surface area contributed by atoms with E-state index >= 15 is 0 Å². The van der Waals surface area contributed by atoms with Crippen LogP contribution in [-0.2, 0) is 26.6 Å². The number of amides is 1. The minimum absolute atomic E-state index is 0.00939. The number of methoxy groups -OCH3 is 1. The predicted octanol–water partition coefficient (Wildman–Crippen LogP) is 4.22. The number of hydrogen-bond donors (Lipinski definition) is 2. The van der Waals surface area contributed by atoms with Crippen molar-refractivity contribution in [3.63, 3.8) is 0 Å². The number of benzene rings is 3. The average molecular weight is 560 g/mol. The summed E-state index contributed by atoms with van der Waals surface area (Å²) in [5, 5.41) is 2.70. The van der Waals surface area contributed by atoms with Crippen molar-refractivity contribution in [1.82, 2.24) is 4.72 Å². The molecule has 9 nitrogen and oxygen atoms in total. The molecule has 0 aliphatic carbocycles. The maximum atomic E-state index is 13.0. The standard InChI is InChI=1S/C27H33N3O6S2/c1-18(2)29-38(34,35)24-13-14-26(36-5)25(16-24)28-27(31)22-10-8-21(9-11-22)17-30(37(6,32)33)23-12-7-19(3)20(4)15-23/h7-16,18,29H,17H2,1-6H3,(H,28,31). The highest BCUT2D eigenvalue weighted by Gasteiger charge is 2.20. The smallest absolute Gasteiger partial charge is 0.255 e. The zero-order valence-electron chi connectivity index (χ0n) is 22.3. The monoisotopic (exact) mass is 559 g/mol. The third-order valence-electron chi connectivity index (χ3n) is 5.84. The second kappa shape index (κ2) is 11.5. The zero-order valence-corrected chi connectivity index (χ0v) is 23.9. The highest BCUT2D eigenvalue weighted by Crippen LogP contribution is 2.28. The van der Waals surface area contributed by atoms with Crippen molar-refractivity contribution in [2.45, 2.75) is 45.2 Å². The summed E-state index contributed by atoms with van der Waals surface area (Å²) in [6, 6.07) is 15.9. The first-order valence-corrected chi connectivity index (χ1v) is 15.2. The molecule has 0 aliphatic rings. The summed E-state index contributed by atoms with van der Waals surface area (Å²) in [6.07, 6.45) is 1.16. The molecular weight excluding hydrogens is 526 g/mol. The second-order valence-corrected chi connectivity index (χ2v) is 12.9. The summed E-state index contributed by atoms with van der Waals surface area (Å²) in [5.74, 6) is -0.175. The van der Waals surface area contributed by atoms with E-state index in [1.165, 1.54) is 29.6 Å². The van der Waals surface area contributed by atoms with Crippen LogP contribution in [-0.4, -0.2) is 42.2 Å². The van der Waals surface area contributed by atoms with Gasteiger partial charge in [-0.2, -0.15) is 0 Å². The highest BCUT2D eigenvalue weighted by atomic mass is 32.2. The molecule has 38 heavy (non-hydrogen) atoms. The minimum atomic E-state index is -3.78. The van der Waals surface area contributed by atoms with Crippen LogP contribution in [0.1, 0.15) is 40.9 Å². The van der Waals surface area contributed by atoms with Gasteiger partial charge in [-0.3, -0.25) is 9.10 Å². The molecule has 204 valence electrons. The molecule has 2 N–H and O–H groups in total. The molecule has 0 heterocycles. The van der Waals surface area contributed by atoms with E-state index in [-0.39, 0.29) is 23.2 Å². The van der Waals surface area contributed by atoms with Crippen LogP contribution in [0.4, 0.5) is 11.4 Å². The van der Waals surface area contributed by atoms with Crippen molar-refractivity contribution < 1.29 is 26.4 Å². The maximum Gasteiger partial charge on any atom is 0.255 e. The molecule has 0 fully saturated rings. The van der Waals surface area contributed by atoms with Gasteiger partial charge in [0, 0.05) is 11.6 Å². The Labute approximate surface area is 224 Å². The molecule has 3 aromatic carbocycles. The number of hydrogen-bond acceptors (Lipinski definition) is 6. The van der Waals surface area contributed by atoms with Crippen molar-refractivity contribution in [2.24, 2.45) is 0 Å². The first-order valence-electron chi connectivity index (χ1n) is 11.9. The molecule has 0 saturated carbocycles. The summed E-state index contributed by atoms with van der Waals surface area (Å²) >= 11 is 0. The predicted molar refractivity (Wildman–Crippen MR) is 150 cm³/mol. The van der Waals surface area contributed by atoms with Crippen molar-refractivity contribution >= 4 is 37.3 Å². The highest BCUT2D eigenvalue weighted by molar-refractivity contribution is 7.92. The zero-order chi connectivity index (χ0) is 28.3. The van der Waals surface area contributed by atoms with E-state index in [9.17, 15) is 21.6 Å². The van der Waals surface area contributed by atoms with Gasteiger partial charge in [-0.25, -0.2) is 21.6 Å². The van der Waals surface area contributed by atoms with Gasteiger partial charge in [-0.15, -0.1) is 0 Å². The van der Waals surface area contributed by atoms with Crippen LogP contribution >= 0.6 is 0 Å². The van der Waals surface area contributed by atoms with E-state index in [4.69, 9.17) is 4.74 Å². The Morgan fingerprint density at radius 2 is 1.58 bits per heavy atom. The molecule has 0 bridgehead atoms. The number of ether oxygens (including phenoxy) is 1. The van der Waals surface area contributed by atoms with Crippen LogP contribution in [0.5, 0.6) is 5.75 Å². The van der Waals surface area contributed by atoms with Crippen LogP contribution in [0.3, 0.4) is 0 Å². The number of aryl methyl sites for hydroxylation is 2. The topological polar surface area (TPSA) is 122 Å². The fourth-order valence-electron chi connectivity index (χ4n) is 3.73. The fraction of sp³-hybridized carbons (Fsp3) is 0.296. The number of nitrogens with one attached hydrogen (secondary N) is 2. The van der Waals surface area contributed by atoms with Crippen molar-refractivity contribution in [1.29, 1.82) is 0 Å². The lowest BCUT2D eigenvalue weighted by Gasteiger charge is -2.23. The molecule has 3 rings (SSSR count). The Morgan fingerprint density at radius 1 is 0.921 bits per heavy atom. The van der Waals surface area contributed by atoms with Gasteiger partial charge < -0.3 is 10.1 Å². The van der Waals surface area contributed by atoms with E-state index in [2.05, 4.69) is 10.0 Å². The third-order valence-corrected chi connectivity index (χ3v) is 8.64. The Hall–Kier alpha value is -3.41. The first-order chi connectivity index (χ1) is 17.7. The van der Waals surface area contributed by atoms with E-state index in [0.29, 0.717) is 22.6 Å². The number of carbonyl (C=O) groups excluding carboxylic acids is 1. The molecule has 0 saturated heterocycles. The van der Waals surface area contributed by atoms with Gasteiger partial charge in [0.1, 0.15) is 5.75 Å². The van der Waals surface area contributed by atoms with Gasteiger partial charge >= 0.3 is 0 Å². The number of carbonyl (C=O) groups is 1. The summed E-state index contributed by atoms with van der Waals surface area (Å²) in [5.41, 5.74) is 3.80. The lowest BCUT2D eigenvalue weighted by atomic mass is 10.1. The first kappa shape index (κ1) is 29.2. The van der Waals surface area contributed by atoms with E-state index in [1.54, 1.807) is 44.2 Å². The van der Waals surface area contributed by atoms with Crippen LogP contribution < -0.4 is 19.1 Å². The molecule has 0 aliphatic heterocycles. The Kier molecular flexibility index (Phi) is 8.86. The van der Waals surface area contributed by atoms with Crippen LogP contribution in [0.15, 0.2) is 65.6 Å². The molecule has 0 radical (unpaired) electrons. The van der Waals surface area contributed by atoms with E-state index in [0.717, 1.165) is 17.4 Å². The molecule has 0 unspecified atom stereocenters. The van der Waals surface area contributed by atoms with Crippen LogP contribution in [0.2, 0.25) is 0 Å². The molecule has 0 aromatic heterocycles. The van der Waals surface area contributed by atoms with Gasteiger partial charge in [0.15, 0.2) is 0 Å². The normalized spacial score (nSPS) is 11.9. The Morgan fingerprint density at radius 3 is 2.13 bits per heavy atom. The molecule has 1 amide bonds. The van der Waals surface area contributed by atoms with Gasteiger partial charge in [-0.1, -0.05) is 18.2 Å². The lowest BCUT2D eigenvalue weighted by molar-refractivity contribution is 0.102. The SMILES string of the molecule is COc1ccc(S(=O)(=O)NC(C)C)cc1NC(=O)c1ccc(CN(c2ccc(C)c(C)c2)S(C)(=O)=O)cc1. The minimum Gasteiger partial charge on any atom is -0.495 e. The Bertz CT molecular complexity index is 1530. The molecule has 11 heteroatoms. The number of sulfonamides is 2. The number of nitrogens with zero attached hydrogens (tertiary/aromatic N) is 1. The summed E-state index contributed by atoms with van der Waals surface area (Å²) in [4.78, 5) is 13.0. The molecule has 0 atom stereocenters. The van der Waals surface area contributed by atoms with Crippen LogP contribution in [0.25, 0.3) is 0 Å². The summed E-state index contributed by atoms with van der Waals surface area (Å²) in [6.45, 7) is 7.41. The molecular formula is C27H33N3O6S2. The van der Waals surface area contributed by atoms with Gasteiger partial charge in [-0.05, 0) is 86.8 Å². The van der Waals surface area contributed by atoms with Gasteiger partial charge in [0.2, 0.25) is 20.0 Å². The lowest BCUT2D eigenvalue weighted by Crippen LogP contribution is -2.30. The Balaban J connectivity index is 1.83. The number of anilines is 2. The fourth-order valence-corrected chi connectivity index (χ4v) is 5.89. The van der Waals surface area contributed by atoms with Gasteiger partial charge in [0.05, 0.1) is 36.2 Å². The largest absolute Gasteiger partial charge is 0.495 e. The third kappa shape index (κ3) is 7.12. The second-order valence-electron chi connectivity index (χ2n) is 9.33. The van der Waals surface area contributed by atoms with Gasteiger partial charge in [0.25, 0.3) is 5.91 Å². The average Bonchev–Trinajstić information content (AvgIpc) is 2.83.